The van der Waals surface area contributed by atoms with Crippen LogP contribution in [0.2, 0.25) is 0 Å². The predicted molar refractivity (Wildman–Crippen MR) is 104 cm³/mol. The van der Waals surface area contributed by atoms with Crippen molar-refractivity contribution in [1.29, 1.82) is 0 Å². The lowest BCUT2D eigenvalue weighted by molar-refractivity contribution is -0.137. The van der Waals surface area contributed by atoms with E-state index >= 15 is 0 Å². The molecule has 3 aliphatic carbocycles. The summed E-state index contributed by atoms with van der Waals surface area (Å²) in [6, 6.07) is 0.859. The number of fused-ring (bicyclic) bond motifs is 1. The molecule has 6 nitrogen and oxygen atoms in total. The van der Waals surface area contributed by atoms with Crippen molar-refractivity contribution in [2.24, 2.45) is 10.9 Å². The number of aliphatic imine (C=N–C) groups is 1. The van der Waals surface area contributed by atoms with Gasteiger partial charge in [-0.25, -0.2) is 0 Å². The van der Waals surface area contributed by atoms with Crippen molar-refractivity contribution in [3.8, 4) is 0 Å². The zero-order valence-electron chi connectivity index (χ0n) is 15.3. The predicted octanol–water partition coefficient (Wildman–Crippen LogP) is 2.27. The van der Waals surface area contributed by atoms with E-state index in [0.717, 1.165) is 38.5 Å². The molecule has 27 heavy (non-hydrogen) atoms. The standard InChI is InChI=1S/C21H25N5O/c27-21(15-3-1-14(2-4-15)20-13-22-9-10-23-20)26(17-5-6-17)18-7-8-19-16(11-18)12-24-25-19/h1-3,9-10,12-13,15,17-18,20,23H,4-8,11H2,(H,24,25). The number of hydrogen-bond donors (Lipinski definition) is 2. The van der Waals surface area contributed by atoms with Gasteiger partial charge in [-0.2, -0.15) is 5.10 Å². The Morgan fingerprint density at radius 3 is 2.89 bits per heavy atom. The zero-order valence-corrected chi connectivity index (χ0v) is 15.3. The fourth-order valence-corrected chi connectivity index (χ4v) is 4.44. The lowest BCUT2D eigenvalue weighted by Crippen LogP contribution is -2.47. The highest BCUT2D eigenvalue weighted by molar-refractivity contribution is 5.83. The summed E-state index contributed by atoms with van der Waals surface area (Å²) < 4.78 is 0. The largest absolute Gasteiger partial charge is 0.378 e. The number of allylic oxidation sites excluding steroid dienone is 1. The number of rotatable bonds is 4. The SMILES string of the molecule is O=C(C1C=CC(C2C=NC=CN2)=CC1)N(C1CC1)C1CCc2[nH]ncc2C1. The van der Waals surface area contributed by atoms with Crippen LogP contribution in [0.1, 0.15) is 36.9 Å². The summed E-state index contributed by atoms with van der Waals surface area (Å²) in [5, 5.41) is 10.6. The number of nitrogens with one attached hydrogen (secondary N) is 2. The lowest BCUT2D eigenvalue weighted by Gasteiger charge is -2.36. The van der Waals surface area contributed by atoms with Gasteiger partial charge >= 0.3 is 0 Å². The maximum Gasteiger partial charge on any atom is 0.230 e. The summed E-state index contributed by atoms with van der Waals surface area (Å²) in [7, 11) is 0. The molecule has 1 aromatic heterocycles. The Bertz CT molecular complexity index is 845. The second-order valence-corrected chi connectivity index (χ2v) is 7.91. The number of amides is 1. The van der Waals surface area contributed by atoms with E-state index in [-0.39, 0.29) is 12.0 Å². The molecule has 0 spiro atoms. The average molecular weight is 363 g/mol. The van der Waals surface area contributed by atoms with Gasteiger partial charge in [-0.1, -0.05) is 18.2 Å². The Morgan fingerprint density at radius 1 is 1.22 bits per heavy atom. The van der Waals surface area contributed by atoms with Gasteiger partial charge in [0.2, 0.25) is 5.91 Å². The van der Waals surface area contributed by atoms with Gasteiger partial charge in [0.15, 0.2) is 0 Å². The molecular weight excluding hydrogens is 338 g/mol. The number of H-pyrrole nitrogens is 1. The fourth-order valence-electron chi connectivity index (χ4n) is 4.44. The molecule has 6 heteroatoms. The molecule has 2 N–H and O–H groups in total. The van der Waals surface area contributed by atoms with Gasteiger partial charge in [0.05, 0.1) is 18.2 Å². The van der Waals surface area contributed by atoms with Crippen molar-refractivity contribution >= 4 is 12.1 Å². The van der Waals surface area contributed by atoms with E-state index in [2.05, 4.69) is 43.6 Å². The second-order valence-electron chi connectivity index (χ2n) is 7.91. The van der Waals surface area contributed by atoms with Crippen LogP contribution in [-0.4, -0.2) is 45.3 Å². The average Bonchev–Trinajstić information content (AvgIpc) is 3.44. The number of nitrogens with zero attached hydrogens (tertiary/aromatic N) is 3. The number of carbonyl (C=O) groups excluding carboxylic acids is 1. The molecule has 1 saturated carbocycles. The molecule has 3 unspecified atom stereocenters. The smallest absolute Gasteiger partial charge is 0.230 e. The number of aromatic nitrogens is 2. The van der Waals surface area contributed by atoms with Crippen LogP contribution in [0.15, 0.2) is 47.4 Å². The van der Waals surface area contributed by atoms with Crippen molar-refractivity contribution in [1.82, 2.24) is 20.4 Å². The highest BCUT2D eigenvalue weighted by Crippen LogP contribution is 2.35. The Balaban J connectivity index is 1.28. The summed E-state index contributed by atoms with van der Waals surface area (Å²) in [5.41, 5.74) is 3.71. The van der Waals surface area contributed by atoms with E-state index in [1.165, 1.54) is 16.8 Å². The van der Waals surface area contributed by atoms with Crippen LogP contribution in [0.4, 0.5) is 0 Å². The first-order valence-corrected chi connectivity index (χ1v) is 9.95. The molecule has 0 aromatic carbocycles. The fraction of sp³-hybridized carbons (Fsp3) is 0.476. The van der Waals surface area contributed by atoms with Gasteiger partial charge < -0.3 is 10.2 Å². The van der Waals surface area contributed by atoms with Crippen LogP contribution >= 0.6 is 0 Å². The van der Waals surface area contributed by atoms with E-state index in [1.54, 1.807) is 6.20 Å². The summed E-state index contributed by atoms with van der Waals surface area (Å²) in [6.45, 7) is 0. The summed E-state index contributed by atoms with van der Waals surface area (Å²) in [4.78, 5) is 19.8. The third-order valence-corrected chi connectivity index (χ3v) is 6.06. The van der Waals surface area contributed by atoms with Crippen molar-refractivity contribution in [2.75, 3.05) is 0 Å². The Labute approximate surface area is 159 Å². The topological polar surface area (TPSA) is 73.4 Å². The zero-order chi connectivity index (χ0) is 18.2. The highest BCUT2D eigenvalue weighted by Gasteiger charge is 2.40. The van der Waals surface area contributed by atoms with Gasteiger partial charge in [-0.05, 0) is 49.7 Å². The lowest BCUT2D eigenvalue weighted by atomic mass is 9.89. The molecule has 0 bridgehead atoms. The van der Waals surface area contributed by atoms with E-state index < -0.39 is 0 Å². The molecule has 0 saturated heterocycles. The van der Waals surface area contributed by atoms with Gasteiger partial charge in [-0.3, -0.25) is 14.9 Å². The number of carbonyl (C=O) groups is 1. The molecule has 1 aromatic rings. The molecule has 0 radical (unpaired) electrons. The van der Waals surface area contributed by atoms with Gasteiger partial charge in [0.25, 0.3) is 0 Å². The minimum atomic E-state index is -0.0452. The molecule has 1 fully saturated rings. The Kier molecular flexibility index (Phi) is 4.19. The third-order valence-electron chi connectivity index (χ3n) is 6.06. The summed E-state index contributed by atoms with van der Waals surface area (Å²) in [6.07, 6.45) is 19.8. The van der Waals surface area contributed by atoms with Crippen LogP contribution in [0, 0.1) is 5.92 Å². The molecule has 1 aliphatic heterocycles. The number of hydrogen-bond acceptors (Lipinski definition) is 4. The first-order valence-electron chi connectivity index (χ1n) is 9.95. The van der Waals surface area contributed by atoms with Crippen LogP contribution in [0.25, 0.3) is 0 Å². The van der Waals surface area contributed by atoms with E-state index in [9.17, 15) is 4.79 Å². The highest BCUT2D eigenvalue weighted by atomic mass is 16.2. The minimum Gasteiger partial charge on any atom is -0.378 e. The quantitative estimate of drug-likeness (QED) is 0.862. The minimum absolute atomic E-state index is 0.0452. The number of aryl methyl sites for hydroxylation is 1. The number of aromatic amines is 1. The van der Waals surface area contributed by atoms with E-state index in [1.807, 2.05) is 18.6 Å². The van der Waals surface area contributed by atoms with Crippen molar-refractivity contribution < 1.29 is 4.79 Å². The molecule has 2 heterocycles. The summed E-state index contributed by atoms with van der Waals surface area (Å²) >= 11 is 0. The van der Waals surface area contributed by atoms with Gasteiger partial charge in [0.1, 0.15) is 0 Å². The Morgan fingerprint density at radius 2 is 2.15 bits per heavy atom. The summed E-state index contributed by atoms with van der Waals surface area (Å²) in [5.74, 6) is 0.252. The molecular formula is C21H25N5O. The van der Waals surface area contributed by atoms with Crippen molar-refractivity contribution in [2.45, 2.75) is 56.7 Å². The molecule has 4 aliphatic rings. The molecule has 1 amide bonds. The van der Waals surface area contributed by atoms with Crippen molar-refractivity contribution in [3.63, 3.8) is 0 Å². The van der Waals surface area contributed by atoms with Gasteiger partial charge in [-0.15, -0.1) is 0 Å². The van der Waals surface area contributed by atoms with E-state index in [4.69, 9.17) is 0 Å². The van der Waals surface area contributed by atoms with E-state index in [0.29, 0.717) is 18.0 Å². The third kappa shape index (κ3) is 3.24. The first kappa shape index (κ1) is 16.5. The van der Waals surface area contributed by atoms with Crippen molar-refractivity contribution in [3.05, 3.63) is 53.7 Å². The molecule has 140 valence electrons. The normalized spacial score (nSPS) is 29.0. The molecule has 5 rings (SSSR count). The Hall–Kier alpha value is -2.63. The second kappa shape index (κ2) is 6.83. The van der Waals surface area contributed by atoms with Crippen LogP contribution in [0.5, 0.6) is 0 Å². The van der Waals surface area contributed by atoms with Crippen LogP contribution in [0.3, 0.4) is 0 Å². The first-order chi connectivity index (χ1) is 13.3. The maximum absolute atomic E-state index is 13.4. The maximum atomic E-state index is 13.4. The van der Waals surface area contributed by atoms with Gasteiger partial charge in [0, 0.05) is 36.4 Å². The molecule has 3 atom stereocenters. The van der Waals surface area contributed by atoms with Crippen LogP contribution in [-0.2, 0) is 17.6 Å². The van der Waals surface area contributed by atoms with Crippen LogP contribution < -0.4 is 5.32 Å². The monoisotopic (exact) mass is 363 g/mol.